The molecule has 4 rings (SSSR count). The van der Waals surface area contributed by atoms with Gasteiger partial charge in [0.1, 0.15) is 11.4 Å². The number of rotatable bonds is 8. The van der Waals surface area contributed by atoms with Crippen LogP contribution in [0.2, 0.25) is 0 Å². The van der Waals surface area contributed by atoms with Crippen molar-refractivity contribution in [2.24, 2.45) is 5.10 Å². The van der Waals surface area contributed by atoms with Crippen molar-refractivity contribution in [1.29, 1.82) is 0 Å². The molecule has 0 saturated carbocycles. The van der Waals surface area contributed by atoms with E-state index in [0.29, 0.717) is 23.8 Å². The van der Waals surface area contributed by atoms with E-state index in [1.807, 2.05) is 37.3 Å². The first-order chi connectivity index (χ1) is 16.6. The molecule has 8 nitrogen and oxygen atoms in total. The molecule has 0 fully saturated rings. The van der Waals surface area contributed by atoms with Crippen LogP contribution in [0.1, 0.15) is 29.4 Å². The van der Waals surface area contributed by atoms with Gasteiger partial charge in [-0.3, -0.25) is 4.68 Å². The zero-order chi connectivity index (χ0) is 25.2. The van der Waals surface area contributed by atoms with Crippen LogP contribution in [-0.2, 0) is 16.7 Å². The molecule has 0 saturated heterocycles. The second kappa shape index (κ2) is 9.59. The minimum Gasteiger partial charge on any atom is -0.452 e. The second-order valence-corrected chi connectivity index (χ2v) is 8.53. The Morgan fingerprint density at radius 3 is 2.43 bits per heavy atom. The van der Waals surface area contributed by atoms with E-state index in [-0.39, 0.29) is 25.7 Å². The van der Waals surface area contributed by atoms with Crippen LogP contribution in [0.3, 0.4) is 0 Å². The minimum absolute atomic E-state index is 0.0870. The molecule has 186 valence electrons. The maximum atomic E-state index is 12.4. The number of halogens is 3. The molecule has 35 heavy (non-hydrogen) atoms. The van der Waals surface area contributed by atoms with Gasteiger partial charge < -0.3 is 19.7 Å². The summed E-state index contributed by atoms with van der Waals surface area (Å²) < 4.78 is 48.4. The van der Waals surface area contributed by atoms with Crippen LogP contribution in [0.15, 0.2) is 59.7 Å². The molecular formula is C24H25F3N4O4. The fraction of sp³-hybridized carbons (Fsp3) is 0.333. The van der Waals surface area contributed by atoms with Gasteiger partial charge in [-0.05, 0) is 48.4 Å². The van der Waals surface area contributed by atoms with E-state index in [2.05, 4.69) is 14.9 Å². The molecule has 1 aromatic heterocycles. The maximum absolute atomic E-state index is 12.4. The van der Waals surface area contributed by atoms with Gasteiger partial charge in [-0.15, -0.1) is 18.3 Å². The molecule has 0 bridgehead atoms. The Hall–Kier alpha value is -3.57. The van der Waals surface area contributed by atoms with Crippen molar-refractivity contribution >= 4 is 11.6 Å². The summed E-state index contributed by atoms with van der Waals surface area (Å²) >= 11 is 0. The summed E-state index contributed by atoms with van der Waals surface area (Å²) in [5, 5.41) is 29.9. The third-order valence-corrected chi connectivity index (χ3v) is 5.76. The number of nitrogens with zero attached hydrogens (tertiary/aromatic N) is 4. The summed E-state index contributed by atoms with van der Waals surface area (Å²) in [6.45, 7) is 3.89. The molecule has 11 heteroatoms. The maximum Gasteiger partial charge on any atom is 0.573 e. The molecule has 1 aliphatic rings. The Balaban J connectivity index is 1.49. The van der Waals surface area contributed by atoms with Crippen LogP contribution in [0.25, 0.3) is 0 Å². The van der Waals surface area contributed by atoms with Gasteiger partial charge >= 0.3 is 6.36 Å². The molecule has 3 aromatic rings. The lowest BCUT2D eigenvalue weighted by Gasteiger charge is -2.25. The van der Waals surface area contributed by atoms with Gasteiger partial charge in [0, 0.05) is 11.1 Å². The minimum atomic E-state index is -4.75. The quantitative estimate of drug-likeness (QED) is 0.502. The van der Waals surface area contributed by atoms with E-state index >= 15 is 0 Å². The number of anilines is 1. The first-order valence-electron chi connectivity index (χ1n) is 10.8. The predicted octanol–water partition coefficient (Wildman–Crippen LogP) is 3.54. The standard InChI is InChI=1S/C24H25F3N4O4/c1-16-10-21(28-30(16)12-17-4-3-5-18(11-17)23(2,13-32)14-33)22-29-31(15-34-22)19-6-8-20(9-7-19)35-24(25,26)27/h3-11,32-33H,12-15H2,1-2H3. The number of ether oxygens (including phenoxy) is 2. The number of hydrazone groups is 1. The number of alkyl halides is 3. The smallest absolute Gasteiger partial charge is 0.452 e. The molecule has 2 N–H and O–H groups in total. The van der Waals surface area contributed by atoms with E-state index in [1.165, 1.54) is 29.3 Å². The van der Waals surface area contributed by atoms with E-state index in [4.69, 9.17) is 4.74 Å². The lowest BCUT2D eigenvalue weighted by molar-refractivity contribution is -0.274. The van der Waals surface area contributed by atoms with Crippen LogP contribution >= 0.6 is 0 Å². The van der Waals surface area contributed by atoms with Crippen LogP contribution in [0.5, 0.6) is 5.75 Å². The fourth-order valence-electron chi connectivity index (χ4n) is 3.59. The Labute approximate surface area is 199 Å². The second-order valence-electron chi connectivity index (χ2n) is 8.53. The molecule has 0 spiro atoms. The van der Waals surface area contributed by atoms with Crippen molar-refractivity contribution in [2.45, 2.75) is 32.2 Å². The Kier molecular flexibility index (Phi) is 6.73. The first kappa shape index (κ1) is 24.6. The number of benzene rings is 2. The van der Waals surface area contributed by atoms with Crippen LogP contribution in [-0.4, -0.2) is 52.2 Å². The topological polar surface area (TPSA) is 92.3 Å². The van der Waals surface area contributed by atoms with Crippen LogP contribution in [0, 0.1) is 6.92 Å². The molecule has 0 unspecified atom stereocenters. The molecular weight excluding hydrogens is 465 g/mol. The highest BCUT2D eigenvalue weighted by Gasteiger charge is 2.31. The third kappa shape index (κ3) is 5.57. The lowest BCUT2D eigenvalue weighted by atomic mass is 9.83. The summed E-state index contributed by atoms with van der Waals surface area (Å²) in [5.41, 5.74) is 2.97. The van der Waals surface area contributed by atoms with Gasteiger partial charge in [-0.1, -0.05) is 31.2 Å². The van der Waals surface area contributed by atoms with Crippen molar-refractivity contribution in [3.05, 3.63) is 77.1 Å². The number of aryl methyl sites for hydroxylation is 1. The summed E-state index contributed by atoms with van der Waals surface area (Å²) in [7, 11) is 0. The molecule has 2 heterocycles. The monoisotopic (exact) mass is 490 g/mol. The zero-order valence-corrected chi connectivity index (χ0v) is 19.2. The van der Waals surface area contributed by atoms with Crippen LogP contribution in [0.4, 0.5) is 18.9 Å². The fourth-order valence-corrected chi connectivity index (χ4v) is 3.59. The average molecular weight is 490 g/mol. The van der Waals surface area contributed by atoms with Crippen molar-refractivity contribution < 1.29 is 32.9 Å². The normalized spacial score (nSPS) is 14.1. The highest BCUT2D eigenvalue weighted by Crippen LogP contribution is 2.27. The molecule has 0 radical (unpaired) electrons. The molecule has 2 aromatic carbocycles. The van der Waals surface area contributed by atoms with Gasteiger partial charge in [-0.2, -0.15) is 5.10 Å². The van der Waals surface area contributed by atoms with Gasteiger partial charge in [0.15, 0.2) is 6.73 Å². The van der Waals surface area contributed by atoms with Gasteiger partial charge in [0.25, 0.3) is 5.90 Å². The molecule has 0 amide bonds. The van der Waals surface area contributed by atoms with E-state index < -0.39 is 11.8 Å². The van der Waals surface area contributed by atoms with E-state index in [0.717, 1.165) is 16.8 Å². The van der Waals surface area contributed by atoms with Gasteiger partial charge in [-0.25, -0.2) is 5.01 Å². The zero-order valence-electron chi connectivity index (χ0n) is 19.2. The summed E-state index contributed by atoms with van der Waals surface area (Å²) in [4.78, 5) is 0. The van der Waals surface area contributed by atoms with E-state index in [1.54, 1.807) is 11.6 Å². The summed E-state index contributed by atoms with van der Waals surface area (Å²) in [6.07, 6.45) is -4.75. The number of aromatic nitrogens is 2. The SMILES string of the molecule is Cc1cc(C2=NN(c3ccc(OC(F)(F)F)cc3)CO2)nn1Cc1cccc(C(C)(CO)CO)c1. The largest absolute Gasteiger partial charge is 0.573 e. The molecule has 0 aliphatic carbocycles. The van der Waals surface area contributed by atoms with Crippen molar-refractivity contribution in [3.8, 4) is 5.75 Å². The number of aliphatic hydroxyl groups is 2. The Bertz CT molecular complexity index is 1200. The van der Waals surface area contributed by atoms with Crippen molar-refractivity contribution in [2.75, 3.05) is 25.0 Å². The Morgan fingerprint density at radius 2 is 1.77 bits per heavy atom. The number of hydrogen-bond donors (Lipinski definition) is 2. The van der Waals surface area contributed by atoms with E-state index in [9.17, 15) is 23.4 Å². The molecule has 0 atom stereocenters. The van der Waals surface area contributed by atoms with Gasteiger partial charge in [0.2, 0.25) is 0 Å². The first-order valence-corrected chi connectivity index (χ1v) is 10.8. The number of aliphatic hydroxyl groups excluding tert-OH is 2. The number of hydrogen-bond acceptors (Lipinski definition) is 7. The van der Waals surface area contributed by atoms with Crippen molar-refractivity contribution in [1.82, 2.24) is 9.78 Å². The summed E-state index contributed by atoms with van der Waals surface area (Å²) in [5.74, 6) is -0.0216. The lowest BCUT2D eigenvalue weighted by Crippen LogP contribution is -2.31. The van der Waals surface area contributed by atoms with Gasteiger partial charge in [0.05, 0.1) is 25.4 Å². The highest BCUT2D eigenvalue weighted by molar-refractivity contribution is 5.94. The van der Waals surface area contributed by atoms with Crippen molar-refractivity contribution in [3.63, 3.8) is 0 Å². The highest BCUT2D eigenvalue weighted by atomic mass is 19.4. The average Bonchev–Trinajstić information content (AvgIpc) is 3.45. The predicted molar refractivity (Wildman–Crippen MR) is 122 cm³/mol. The molecule has 1 aliphatic heterocycles. The van der Waals surface area contributed by atoms with Crippen LogP contribution < -0.4 is 9.75 Å². The summed E-state index contributed by atoms with van der Waals surface area (Å²) in [6, 6.07) is 14.8. The third-order valence-electron chi connectivity index (χ3n) is 5.76. The Morgan fingerprint density at radius 1 is 1.06 bits per heavy atom.